The summed E-state index contributed by atoms with van der Waals surface area (Å²) in [6, 6.07) is 11.8. The van der Waals surface area contributed by atoms with Crippen LogP contribution in [0.3, 0.4) is 0 Å². The van der Waals surface area contributed by atoms with Crippen LogP contribution < -0.4 is 0 Å². The normalized spacial score (nSPS) is 15.1. The average Bonchev–Trinajstić information content (AvgIpc) is 2.25. The first-order chi connectivity index (χ1) is 7.45. The molecule has 16 heavy (non-hydrogen) atoms. The van der Waals surface area contributed by atoms with Crippen molar-refractivity contribution in [2.45, 2.75) is 31.4 Å². The van der Waals surface area contributed by atoms with Gasteiger partial charge in [0.2, 0.25) is 0 Å². The molecule has 86 valence electrons. The minimum absolute atomic E-state index is 0.260. The van der Waals surface area contributed by atoms with Gasteiger partial charge in [0, 0.05) is 21.3 Å². The van der Waals surface area contributed by atoms with Crippen molar-refractivity contribution in [1.82, 2.24) is 0 Å². The van der Waals surface area contributed by atoms with Crippen LogP contribution in [0.1, 0.15) is 32.3 Å². The molecule has 2 atom stereocenters. The largest absolute Gasteiger partial charge is 0.259 e. The Hall–Kier alpha value is -1.14. The van der Waals surface area contributed by atoms with Gasteiger partial charge in [0.05, 0.1) is 12.0 Å². The van der Waals surface area contributed by atoms with E-state index >= 15 is 0 Å². The molecular formula is C13H17NOS. The van der Waals surface area contributed by atoms with Crippen LogP contribution in [-0.2, 0) is 10.8 Å². The fraction of sp³-hybridized carbons (Fsp3) is 0.462. The first kappa shape index (κ1) is 12.9. The van der Waals surface area contributed by atoms with Gasteiger partial charge in [-0.2, -0.15) is 5.26 Å². The molecule has 0 saturated heterocycles. The molecule has 0 bridgehead atoms. The number of hydrogen-bond donors (Lipinski definition) is 0. The smallest absolute Gasteiger partial charge is 0.0828 e. The number of rotatable bonds is 3. The minimum Gasteiger partial charge on any atom is -0.259 e. The van der Waals surface area contributed by atoms with Gasteiger partial charge in [-0.1, -0.05) is 30.3 Å². The van der Waals surface area contributed by atoms with E-state index in [0.717, 1.165) is 5.56 Å². The van der Waals surface area contributed by atoms with Gasteiger partial charge in [-0.25, -0.2) is 0 Å². The highest BCUT2D eigenvalue weighted by Gasteiger charge is 2.23. The van der Waals surface area contributed by atoms with E-state index < -0.39 is 10.8 Å². The van der Waals surface area contributed by atoms with Crippen LogP contribution in [0.4, 0.5) is 0 Å². The van der Waals surface area contributed by atoms with Crippen molar-refractivity contribution in [1.29, 1.82) is 5.26 Å². The van der Waals surface area contributed by atoms with Gasteiger partial charge in [0.25, 0.3) is 0 Å². The van der Waals surface area contributed by atoms with Gasteiger partial charge >= 0.3 is 0 Å². The summed E-state index contributed by atoms with van der Waals surface area (Å²) in [4.78, 5) is 0. The number of hydrogen-bond acceptors (Lipinski definition) is 2. The van der Waals surface area contributed by atoms with E-state index in [4.69, 9.17) is 5.26 Å². The molecule has 0 fully saturated rings. The molecule has 0 aliphatic carbocycles. The Morgan fingerprint density at radius 3 is 2.31 bits per heavy atom. The third-order valence-corrected chi connectivity index (χ3v) is 4.36. The molecule has 2 nitrogen and oxygen atoms in total. The lowest BCUT2D eigenvalue weighted by atomic mass is 10.0. The maximum atomic E-state index is 12.0. The van der Waals surface area contributed by atoms with Crippen molar-refractivity contribution in [2.24, 2.45) is 0 Å². The Balaban J connectivity index is 2.80. The Bertz CT molecular complexity index is 400. The predicted octanol–water partition coefficient (Wildman–Crippen LogP) is 2.84. The summed E-state index contributed by atoms with van der Waals surface area (Å²) in [6.07, 6.45) is 0. The monoisotopic (exact) mass is 235 g/mol. The summed E-state index contributed by atoms with van der Waals surface area (Å²) >= 11 is 0. The molecule has 2 unspecified atom stereocenters. The van der Waals surface area contributed by atoms with Gasteiger partial charge in [0.1, 0.15) is 0 Å². The van der Waals surface area contributed by atoms with E-state index in [1.165, 1.54) is 0 Å². The van der Waals surface area contributed by atoms with Crippen molar-refractivity contribution in [3.8, 4) is 6.07 Å². The number of benzene rings is 1. The first-order valence-corrected chi connectivity index (χ1v) is 6.60. The zero-order valence-electron chi connectivity index (χ0n) is 9.93. The number of nitrogens with zero attached hydrogens (tertiary/aromatic N) is 1. The van der Waals surface area contributed by atoms with Gasteiger partial charge in [-0.3, -0.25) is 4.21 Å². The molecule has 0 spiro atoms. The second kappa shape index (κ2) is 5.27. The number of nitriles is 1. The maximum Gasteiger partial charge on any atom is 0.0828 e. The SMILES string of the molecule is CC(C)(C)S(=O)CC(C#N)c1ccccc1. The quantitative estimate of drug-likeness (QED) is 0.808. The predicted molar refractivity (Wildman–Crippen MR) is 67.6 cm³/mol. The van der Waals surface area contributed by atoms with Gasteiger partial charge in [0.15, 0.2) is 0 Å². The van der Waals surface area contributed by atoms with Crippen LogP contribution in [0.5, 0.6) is 0 Å². The zero-order chi connectivity index (χ0) is 12.2. The third-order valence-electron chi connectivity index (χ3n) is 2.36. The van der Waals surface area contributed by atoms with Crippen LogP contribution in [0.25, 0.3) is 0 Å². The van der Waals surface area contributed by atoms with Crippen molar-refractivity contribution in [2.75, 3.05) is 5.75 Å². The van der Waals surface area contributed by atoms with Crippen molar-refractivity contribution < 1.29 is 4.21 Å². The molecule has 0 radical (unpaired) electrons. The lowest BCUT2D eigenvalue weighted by Crippen LogP contribution is -2.26. The second-order valence-electron chi connectivity index (χ2n) is 4.72. The molecule has 0 amide bonds. The lowest BCUT2D eigenvalue weighted by molar-refractivity contribution is 0.646. The average molecular weight is 235 g/mol. The molecule has 0 N–H and O–H groups in total. The topological polar surface area (TPSA) is 40.9 Å². The zero-order valence-corrected chi connectivity index (χ0v) is 10.8. The second-order valence-corrected chi connectivity index (χ2v) is 6.97. The van der Waals surface area contributed by atoms with E-state index in [0.29, 0.717) is 5.75 Å². The molecular weight excluding hydrogens is 218 g/mol. The van der Waals surface area contributed by atoms with Crippen molar-refractivity contribution in [3.05, 3.63) is 35.9 Å². The Kier molecular flexibility index (Phi) is 4.26. The van der Waals surface area contributed by atoms with Gasteiger partial charge in [-0.05, 0) is 26.3 Å². The maximum absolute atomic E-state index is 12.0. The molecule has 1 aromatic rings. The van der Waals surface area contributed by atoms with Gasteiger partial charge in [-0.15, -0.1) is 0 Å². The Labute approximate surface area is 99.8 Å². The highest BCUT2D eigenvalue weighted by atomic mass is 32.2. The highest BCUT2D eigenvalue weighted by Crippen LogP contribution is 2.20. The molecule has 0 heterocycles. The lowest BCUT2D eigenvalue weighted by Gasteiger charge is -2.19. The fourth-order valence-corrected chi connectivity index (χ4v) is 2.36. The van der Waals surface area contributed by atoms with E-state index in [1.54, 1.807) is 0 Å². The van der Waals surface area contributed by atoms with Crippen LogP contribution in [0.2, 0.25) is 0 Å². The van der Waals surface area contributed by atoms with Crippen LogP contribution >= 0.6 is 0 Å². The Morgan fingerprint density at radius 1 is 1.31 bits per heavy atom. The summed E-state index contributed by atoms with van der Waals surface area (Å²) in [5.41, 5.74) is 0.947. The summed E-state index contributed by atoms with van der Waals surface area (Å²) in [5, 5.41) is 9.11. The first-order valence-electron chi connectivity index (χ1n) is 5.28. The molecule has 1 aromatic carbocycles. The third kappa shape index (κ3) is 3.46. The van der Waals surface area contributed by atoms with Crippen LogP contribution in [-0.4, -0.2) is 14.7 Å². The molecule has 3 heteroatoms. The standard InChI is InChI=1S/C13H17NOS/c1-13(2,3)16(15)10-12(9-14)11-7-5-4-6-8-11/h4-8,12H,10H2,1-3H3. The molecule has 1 rings (SSSR count). The van der Waals surface area contributed by atoms with E-state index in [9.17, 15) is 4.21 Å². The van der Waals surface area contributed by atoms with E-state index in [-0.39, 0.29) is 10.7 Å². The molecule has 0 aliphatic rings. The van der Waals surface area contributed by atoms with Crippen LogP contribution in [0, 0.1) is 11.3 Å². The van der Waals surface area contributed by atoms with Crippen LogP contribution in [0.15, 0.2) is 30.3 Å². The molecule has 0 aliphatic heterocycles. The minimum atomic E-state index is -0.990. The summed E-state index contributed by atoms with van der Waals surface area (Å²) in [6.45, 7) is 5.80. The summed E-state index contributed by atoms with van der Waals surface area (Å²) in [7, 11) is -0.990. The van der Waals surface area contributed by atoms with Crippen molar-refractivity contribution in [3.63, 3.8) is 0 Å². The molecule has 0 saturated carbocycles. The molecule has 0 aromatic heterocycles. The van der Waals surface area contributed by atoms with E-state index in [1.807, 2.05) is 51.1 Å². The summed E-state index contributed by atoms with van der Waals surface area (Å²) < 4.78 is 11.7. The van der Waals surface area contributed by atoms with E-state index in [2.05, 4.69) is 6.07 Å². The highest BCUT2D eigenvalue weighted by molar-refractivity contribution is 7.86. The van der Waals surface area contributed by atoms with Crippen molar-refractivity contribution >= 4 is 10.8 Å². The van der Waals surface area contributed by atoms with Gasteiger partial charge < -0.3 is 0 Å². The summed E-state index contributed by atoms with van der Waals surface area (Å²) in [5.74, 6) is 0.130. The fourth-order valence-electron chi connectivity index (χ4n) is 1.29. The Morgan fingerprint density at radius 2 is 1.88 bits per heavy atom.